The summed E-state index contributed by atoms with van der Waals surface area (Å²) in [6.45, 7) is 0.142. The van der Waals surface area contributed by atoms with Crippen molar-refractivity contribution < 1.29 is 19.1 Å². The summed E-state index contributed by atoms with van der Waals surface area (Å²) in [7, 11) is 0. The van der Waals surface area contributed by atoms with Gasteiger partial charge in [0.05, 0.1) is 24.4 Å². The summed E-state index contributed by atoms with van der Waals surface area (Å²) in [5.41, 5.74) is 1.33. The molecule has 0 unspecified atom stereocenters. The fourth-order valence-corrected chi connectivity index (χ4v) is 3.35. The van der Waals surface area contributed by atoms with E-state index in [0.29, 0.717) is 11.3 Å². The smallest absolute Gasteiger partial charge is 0.296 e. The molecule has 134 valence electrons. The number of rotatable bonds is 4. The number of nitrogens with zero attached hydrogens (tertiary/aromatic N) is 1. The van der Waals surface area contributed by atoms with Crippen LogP contribution in [0.5, 0.6) is 0 Å². The number of Topliss-reactive ketones (excluding diaryl/α,β-unsaturated/α-hetero) is 1. The average molecular weight is 359 g/mol. The van der Waals surface area contributed by atoms with Gasteiger partial charge in [0.1, 0.15) is 11.5 Å². The first-order valence-electron chi connectivity index (χ1n) is 8.58. The van der Waals surface area contributed by atoms with E-state index in [4.69, 9.17) is 4.42 Å². The molecular formula is C22H17NO4. The molecule has 27 heavy (non-hydrogen) atoms. The number of carbonyl (C=O) groups excluding carboxylic acids is 2. The highest BCUT2D eigenvalue weighted by Crippen LogP contribution is 2.40. The highest BCUT2D eigenvalue weighted by Gasteiger charge is 2.46. The number of hydrogen-bond donors (Lipinski definition) is 1. The summed E-state index contributed by atoms with van der Waals surface area (Å²) in [6.07, 6.45) is 1.52. The number of carbonyl (C=O) groups is 2. The minimum atomic E-state index is -0.697. The summed E-state index contributed by atoms with van der Waals surface area (Å²) in [5, 5.41) is 10.8. The van der Waals surface area contributed by atoms with Gasteiger partial charge in [-0.15, -0.1) is 0 Å². The van der Waals surface area contributed by atoms with Crippen molar-refractivity contribution >= 4 is 17.4 Å². The number of furan rings is 1. The maximum atomic E-state index is 12.8. The summed E-state index contributed by atoms with van der Waals surface area (Å²) < 4.78 is 5.36. The van der Waals surface area contributed by atoms with E-state index in [1.807, 2.05) is 36.4 Å². The van der Waals surface area contributed by atoms with Crippen LogP contribution in [0.25, 0.3) is 5.76 Å². The second-order valence-corrected chi connectivity index (χ2v) is 6.28. The van der Waals surface area contributed by atoms with Gasteiger partial charge in [-0.25, -0.2) is 0 Å². The standard InChI is InChI=1S/C22H17NO4/c24-20(16-10-5-2-6-11-16)18-19(15-8-3-1-4-9-15)23(22(26)21(18)25)14-17-12-7-13-27-17/h1-13,19,24H,14H2/t19-/m1/s1. The van der Waals surface area contributed by atoms with Crippen LogP contribution in [-0.2, 0) is 16.1 Å². The third kappa shape index (κ3) is 3.04. The van der Waals surface area contributed by atoms with Crippen LogP contribution in [0.1, 0.15) is 22.9 Å². The molecule has 1 atom stereocenters. The van der Waals surface area contributed by atoms with Gasteiger partial charge in [-0.05, 0) is 17.7 Å². The Hall–Kier alpha value is -3.60. The summed E-state index contributed by atoms with van der Waals surface area (Å²) >= 11 is 0. The first-order valence-corrected chi connectivity index (χ1v) is 8.58. The summed E-state index contributed by atoms with van der Waals surface area (Å²) in [6, 6.07) is 20.8. The van der Waals surface area contributed by atoms with E-state index < -0.39 is 17.7 Å². The molecule has 2 aromatic carbocycles. The van der Waals surface area contributed by atoms with Crippen molar-refractivity contribution in [2.45, 2.75) is 12.6 Å². The minimum Gasteiger partial charge on any atom is -0.507 e. The number of aliphatic hydroxyl groups is 1. The van der Waals surface area contributed by atoms with Crippen LogP contribution < -0.4 is 0 Å². The van der Waals surface area contributed by atoms with Gasteiger partial charge >= 0.3 is 0 Å². The van der Waals surface area contributed by atoms with Crippen LogP contribution in [0.4, 0.5) is 0 Å². The Kier molecular flexibility index (Phi) is 4.34. The highest BCUT2D eigenvalue weighted by atomic mass is 16.3. The van der Waals surface area contributed by atoms with Crippen LogP contribution in [-0.4, -0.2) is 21.7 Å². The molecule has 4 rings (SSSR count). The minimum absolute atomic E-state index is 0.0870. The zero-order valence-corrected chi connectivity index (χ0v) is 14.4. The van der Waals surface area contributed by atoms with Crippen LogP contribution in [0.15, 0.2) is 89.0 Å². The maximum absolute atomic E-state index is 12.8. The number of benzene rings is 2. The van der Waals surface area contributed by atoms with Crippen LogP contribution >= 0.6 is 0 Å². The van der Waals surface area contributed by atoms with Crippen LogP contribution in [0.2, 0.25) is 0 Å². The Morgan fingerprint density at radius 2 is 1.59 bits per heavy atom. The summed E-state index contributed by atoms with van der Waals surface area (Å²) in [5.74, 6) is -0.961. The van der Waals surface area contributed by atoms with Gasteiger partial charge in [0.25, 0.3) is 11.7 Å². The Bertz CT molecular complexity index is 991. The van der Waals surface area contributed by atoms with E-state index >= 15 is 0 Å². The molecule has 0 radical (unpaired) electrons. The van der Waals surface area contributed by atoms with Crippen LogP contribution in [0.3, 0.4) is 0 Å². The van der Waals surface area contributed by atoms with E-state index in [-0.39, 0.29) is 17.9 Å². The van der Waals surface area contributed by atoms with Gasteiger partial charge in [-0.3, -0.25) is 9.59 Å². The predicted octanol–water partition coefficient (Wildman–Crippen LogP) is 3.90. The molecule has 5 nitrogen and oxygen atoms in total. The van der Waals surface area contributed by atoms with E-state index in [9.17, 15) is 14.7 Å². The number of aliphatic hydroxyl groups excluding tert-OH is 1. The van der Waals surface area contributed by atoms with Crippen molar-refractivity contribution in [1.29, 1.82) is 0 Å². The lowest BCUT2D eigenvalue weighted by atomic mass is 9.95. The molecule has 1 amide bonds. The van der Waals surface area contributed by atoms with Gasteiger partial charge in [0.2, 0.25) is 0 Å². The molecule has 2 heterocycles. The number of amides is 1. The Morgan fingerprint density at radius 3 is 2.22 bits per heavy atom. The van der Waals surface area contributed by atoms with E-state index in [2.05, 4.69) is 0 Å². The largest absolute Gasteiger partial charge is 0.507 e. The molecule has 0 bridgehead atoms. The lowest BCUT2D eigenvalue weighted by Gasteiger charge is -2.24. The second kappa shape index (κ2) is 6.96. The van der Waals surface area contributed by atoms with Crippen molar-refractivity contribution in [1.82, 2.24) is 4.90 Å². The maximum Gasteiger partial charge on any atom is 0.296 e. The van der Waals surface area contributed by atoms with Crippen LogP contribution in [0, 0.1) is 0 Å². The van der Waals surface area contributed by atoms with E-state index in [0.717, 1.165) is 5.56 Å². The van der Waals surface area contributed by atoms with Gasteiger partial charge < -0.3 is 14.4 Å². The first-order chi connectivity index (χ1) is 13.2. The Balaban J connectivity index is 1.86. The van der Waals surface area contributed by atoms with Gasteiger partial charge in [-0.2, -0.15) is 0 Å². The number of likely N-dealkylation sites (tertiary alicyclic amines) is 1. The lowest BCUT2D eigenvalue weighted by molar-refractivity contribution is -0.140. The zero-order valence-electron chi connectivity index (χ0n) is 14.4. The molecular weight excluding hydrogens is 342 g/mol. The van der Waals surface area contributed by atoms with E-state index in [1.54, 1.807) is 36.4 Å². The van der Waals surface area contributed by atoms with Crippen molar-refractivity contribution in [2.24, 2.45) is 0 Å². The molecule has 3 aromatic rings. The molecule has 1 saturated heterocycles. The zero-order chi connectivity index (χ0) is 18.8. The molecule has 1 N–H and O–H groups in total. The molecule has 0 saturated carbocycles. The van der Waals surface area contributed by atoms with Gasteiger partial charge in [0.15, 0.2) is 0 Å². The van der Waals surface area contributed by atoms with Gasteiger partial charge in [-0.1, -0.05) is 60.7 Å². The van der Waals surface area contributed by atoms with Crippen molar-refractivity contribution in [2.75, 3.05) is 0 Å². The molecule has 5 heteroatoms. The molecule has 1 aliphatic rings. The fraction of sp³-hybridized carbons (Fsp3) is 0.0909. The molecule has 0 spiro atoms. The van der Waals surface area contributed by atoms with Crippen molar-refractivity contribution in [3.8, 4) is 0 Å². The Morgan fingerprint density at radius 1 is 0.926 bits per heavy atom. The predicted molar refractivity (Wildman–Crippen MR) is 99.4 cm³/mol. The Labute approximate surface area is 156 Å². The SMILES string of the molecule is O=C1C(=O)N(Cc2ccco2)[C@H](c2ccccc2)C1=C(O)c1ccccc1. The molecule has 1 fully saturated rings. The molecule has 1 aromatic heterocycles. The van der Waals surface area contributed by atoms with Gasteiger partial charge in [0, 0.05) is 5.56 Å². The summed E-state index contributed by atoms with van der Waals surface area (Å²) in [4.78, 5) is 27.0. The number of ketones is 1. The van der Waals surface area contributed by atoms with Crippen molar-refractivity contribution in [3.05, 3.63) is 102 Å². The molecule has 0 aliphatic carbocycles. The molecule has 1 aliphatic heterocycles. The third-order valence-corrected chi connectivity index (χ3v) is 4.61. The average Bonchev–Trinajstić information content (AvgIpc) is 3.31. The van der Waals surface area contributed by atoms with Crippen molar-refractivity contribution in [3.63, 3.8) is 0 Å². The fourth-order valence-electron chi connectivity index (χ4n) is 3.35. The quantitative estimate of drug-likeness (QED) is 0.436. The topological polar surface area (TPSA) is 70.8 Å². The lowest BCUT2D eigenvalue weighted by Crippen LogP contribution is -2.29. The number of hydrogen-bond acceptors (Lipinski definition) is 4. The monoisotopic (exact) mass is 359 g/mol. The third-order valence-electron chi connectivity index (χ3n) is 4.61. The highest BCUT2D eigenvalue weighted by molar-refractivity contribution is 6.46. The van der Waals surface area contributed by atoms with E-state index in [1.165, 1.54) is 11.2 Å². The normalized spacial score (nSPS) is 18.8. The first kappa shape index (κ1) is 16.8. The second-order valence-electron chi connectivity index (χ2n) is 6.28.